The smallest absolute Gasteiger partial charge is 0.308 e. The van der Waals surface area contributed by atoms with Crippen LogP contribution in [0.1, 0.15) is 12.5 Å². The van der Waals surface area contributed by atoms with Crippen molar-refractivity contribution in [3.8, 4) is 5.69 Å². The minimum atomic E-state index is -0.912. The summed E-state index contributed by atoms with van der Waals surface area (Å²) in [4.78, 5) is 24.3. The van der Waals surface area contributed by atoms with Gasteiger partial charge in [-0.3, -0.25) is 9.59 Å². The van der Waals surface area contributed by atoms with E-state index < -0.39 is 11.9 Å². The lowest BCUT2D eigenvalue weighted by Gasteiger charge is -2.19. The van der Waals surface area contributed by atoms with Crippen LogP contribution in [0.4, 0.5) is 0 Å². The summed E-state index contributed by atoms with van der Waals surface area (Å²) in [7, 11) is 1.61. The molecule has 0 saturated heterocycles. The summed E-state index contributed by atoms with van der Waals surface area (Å²) in [5, 5.41) is 19.8. The molecule has 0 bridgehead atoms. The predicted molar refractivity (Wildman–Crippen MR) is 77.3 cm³/mol. The van der Waals surface area contributed by atoms with Gasteiger partial charge < -0.3 is 10.0 Å². The van der Waals surface area contributed by atoms with E-state index in [1.165, 1.54) is 15.9 Å². The normalized spacial score (nSPS) is 11.9. The van der Waals surface area contributed by atoms with Crippen molar-refractivity contribution in [2.24, 2.45) is 5.92 Å². The molecular weight excluding hydrogens is 286 g/mol. The summed E-state index contributed by atoms with van der Waals surface area (Å²) in [5.74, 6) is -1.62. The molecule has 0 aliphatic carbocycles. The summed E-state index contributed by atoms with van der Waals surface area (Å²) in [6.07, 6.45) is 1.71. The summed E-state index contributed by atoms with van der Waals surface area (Å²) in [5.41, 5.74) is 1.64. The number of carboxylic acids is 1. The quantitative estimate of drug-likeness (QED) is 0.828. The Morgan fingerprint density at radius 2 is 2.00 bits per heavy atom. The maximum atomic E-state index is 12.1. The Morgan fingerprint density at radius 3 is 2.55 bits per heavy atom. The number of aliphatic carboxylic acids is 1. The van der Waals surface area contributed by atoms with Gasteiger partial charge in [-0.15, -0.1) is 5.10 Å². The first kappa shape index (κ1) is 15.6. The van der Waals surface area contributed by atoms with Crippen molar-refractivity contribution in [1.29, 1.82) is 0 Å². The molecule has 1 N–H and O–H groups in total. The second-order valence-electron chi connectivity index (χ2n) is 5.11. The first-order valence-corrected chi connectivity index (χ1v) is 6.76. The molecule has 1 aromatic carbocycles. The molecule has 22 heavy (non-hydrogen) atoms. The maximum absolute atomic E-state index is 12.1. The summed E-state index contributed by atoms with van der Waals surface area (Å²) in [6.45, 7) is 1.77. The van der Waals surface area contributed by atoms with Crippen molar-refractivity contribution in [3.63, 3.8) is 0 Å². The zero-order chi connectivity index (χ0) is 16.1. The van der Waals surface area contributed by atoms with E-state index in [4.69, 9.17) is 5.11 Å². The van der Waals surface area contributed by atoms with Gasteiger partial charge in [0.2, 0.25) is 5.91 Å². The van der Waals surface area contributed by atoms with Crippen molar-refractivity contribution in [1.82, 2.24) is 25.1 Å². The fourth-order valence-electron chi connectivity index (χ4n) is 1.95. The number of nitrogens with zero attached hydrogens (tertiary/aromatic N) is 5. The van der Waals surface area contributed by atoms with Crippen LogP contribution in [-0.4, -0.2) is 55.7 Å². The second-order valence-corrected chi connectivity index (χ2v) is 5.11. The summed E-state index contributed by atoms with van der Waals surface area (Å²) >= 11 is 0. The van der Waals surface area contributed by atoms with E-state index in [2.05, 4.69) is 15.5 Å². The van der Waals surface area contributed by atoms with Crippen LogP contribution in [0.3, 0.4) is 0 Å². The van der Waals surface area contributed by atoms with Crippen LogP contribution in [0.15, 0.2) is 30.6 Å². The molecule has 1 amide bonds. The van der Waals surface area contributed by atoms with Crippen LogP contribution in [0.25, 0.3) is 5.69 Å². The minimum absolute atomic E-state index is 0.122. The van der Waals surface area contributed by atoms with Crippen molar-refractivity contribution in [2.45, 2.75) is 13.3 Å². The average molecular weight is 303 g/mol. The third-order valence-corrected chi connectivity index (χ3v) is 3.30. The second kappa shape index (κ2) is 6.79. The number of carbonyl (C=O) groups is 2. The lowest BCUT2D eigenvalue weighted by molar-refractivity contribution is -0.142. The van der Waals surface area contributed by atoms with E-state index in [-0.39, 0.29) is 18.9 Å². The highest BCUT2D eigenvalue weighted by atomic mass is 16.4. The number of benzene rings is 1. The molecule has 1 heterocycles. The molecule has 0 aliphatic rings. The number of amides is 1. The number of carboxylic acid groups (broad SMARTS) is 1. The maximum Gasteiger partial charge on any atom is 0.308 e. The van der Waals surface area contributed by atoms with Crippen LogP contribution >= 0.6 is 0 Å². The van der Waals surface area contributed by atoms with Gasteiger partial charge in [-0.1, -0.05) is 19.1 Å². The van der Waals surface area contributed by atoms with Gasteiger partial charge in [0, 0.05) is 13.6 Å². The summed E-state index contributed by atoms with van der Waals surface area (Å²) in [6, 6.07) is 7.28. The highest BCUT2D eigenvalue weighted by Crippen LogP contribution is 2.10. The molecule has 2 rings (SSSR count). The van der Waals surface area contributed by atoms with Gasteiger partial charge in [0.1, 0.15) is 6.33 Å². The number of carbonyl (C=O) groups excluding carboxylic acids is 1. The molecular formula is C14H17N5O3. The van der Waals surface area contributed by atoms with Gasteiger partial charge >= 0.3 is 5.97 Å². The Morgan fingerprint density at radius 1 is 1.32 bits per heavy atom. The molecule has 0 spiro atoms. The Bertz CT molecular complexity index is 639. The van der Waals surface area contributed by atoms with Crippen molar-refractivity contribution in [2.75, 3.05) is 13.6 Å². The van der Waals surface area contributed by atoms with Gasteiger partial charge in [0.05, 0.1) is 18.0 Å². The SMILES string of the molecule is CC(CN(C)C(=O)Cc1ccc(-n2cnnn2)cc1)C(=O)O. The predicted octanol–water partition coefficient (Wildman–Crippen LogP) is 0.384. The van der Waals surface area contributed by atoms with Crippen LogP contribution in [0.2, 0.25) is 0 Å². The number of rotatable bonds is 6. The van der Waals surface area contributed by atoms with Gasteiger partial charge in [0.15, 0.2) is 0 Å². The van der Waals surface area contributed by atoms with Crippen LogP contribution in [0, 0.1) is 5.92 Å². The van der Waals surface area contributed by atoms with Crippen molar-refractivity contribution >= 4 is 11.9 Å². The monoisotopic (exact) mass is 303 g/mol. The number of tetrazole rings is 1. The Kier molecular flexibility index (Phi) is 4.82. The topological polar surface area (TPSA) is 101 Å². The van der Waals surface area contributed by atoms with Crippen LogP contribution in [0.5, 0.6) is 0 Å². The third kappa shape index (κ3) is 3.87. The van der Waals surface area contributed by atoms with Gasteiger partial charge in [-0.25, -0.2) is 4.68 Å². The van der Waals surface area contributed by atoms with Gasteiger partial charge in [0.25, 0.3) is 0 Å². The fourth-order valence-corrected chi connectivity index (χ4v) is 1.95. The van der Waals surface area contributed by atoms with Crippen molar-refractivity contribution < 1.29 is 14.7 Å². The zero-order valence-electron chi connectivity index (χ0n) is 12.4. The lowest BCUT2D eigenvalue weighted by Crippen LogP contribution is -2.34. The van der Waals surface area contributed by atoms with E-state index >= 15 is 0 Å². The molecule has 1 aromatic heterocycles. The molecule has 1 atom stereocenters. The standard InChI is InChI=1S/C14H17N5O3/c1-10(14(21)22)8-18(2)13(20)7-11-3-5-12(6-4-11)19-9-15-16-17-19/h3-6,9-10H,7-8H2,1-2H3,(H,21,22). The first-order chi connectivity index (χ1) is 10.5. The van der Waals surface area contributed by atoms with E-state index in [1.54, 1.807) is 14.0 Å². The Hall–Kier alpha value is -2.77. The van der Waals surface area contributed by atoms with Gasteiger partial charge in [-0.05, 0) is 28.1 Å². The molecule has 0 aliphatic heterocycles. The average Bonchev–Trinajstić information content (AvgIpc) is 3.02. The molecule has 0 radical (unpaired) electrons. The van der Waals surface area contributed by atoms with E-state index in [9.17, 15) is 9.59 Å². The number of likely N-dealkylation sites (N-methyl/N-ethyl adjacent to an activating group) is 1. The highest BCUT2D eigenvalue weighted by molar-refractivity contribution is 5.79. The number of hydrogen-bond acceptors (Lipinski definition) is 5. The molecule has 8 heteroatoms. The first-order valence-electron chi connectivity index (χ1n) is 6.76. The summed E-state index contributed by atoms with van der Waals surface area (Å²) < 4.78 is 1.52. The molecule has 0 saturated carbocycles. The molecule has 2 aromatic rings. The molecule has 1 unspecified atom stereocenters. The lowest BCUT2D eigenvalue weighted by atomic mass is 10.1. The van der Waals surface area contributed by atoms with Gasteiger partial charge in [-0.2, -0.15) is 0 Å². The van der Waals surface area contributed by atoms with E-state index in [1.807, 2.05) is 24.3 Å². The number of hydrogen-bond donors (Lipinski definition) is 1. The minimum Gasteiger partial charge on any atom is -0.481 e. The van der Waals surface area contributed by atoms with Crippen LogP contribution in [-0.2, 0) is 16.0 Å². The molecule has 0 fully saturated rings. The number of aromatic nitrogens is 4. The fraction of sp³-hybridized carbons (Fsp3) is 0.357. The molecule has 8 nitrogen and oxygen atoms in total. The van der Waals surface area contributed by atoms with Crippen LogP contribution < -0.4 is 0 Å². The van der Waals surface area contributed by atoms with Crippen molar-refractivity contribution in [3.05, 3.63) is 36.2 Å². The molecule has 116 valence electrons. The highest BCUT2D eigenvalue weighted by Gasteiger charge is 2.17. The Balaban J connectivity index is 1.95. The Labute approximate surface area is 127 Å². The zero-order valence-corrected chi connectivity index (χ0v) is 12.4. The largest absolute Gasteiger partial charge is 0.481 e. The van der Waals surface area contributed by atoms with E-state index in [0.29, 0.717) is 0 Å². The third-order valence-electron chi connectivity index (χ3n) is 3.30. The van der Waals surface area contributed by atoms with E-state index in [0.717, 1.165) is 11.3 Å².